The number of thioether (sulfide) groups is 1. The number of nitrogens with one attached hydrogen (secondary N) is 1. The largest absolute Gasteiger partial charge is 0.462 e. The molecule has 3 aromatic rings. The second-order valence-electron chi connectivity index (χ2n) is 7.99. The Morgan fingerprint density at radius 1 is 1.08 bits per heavy atom. The van der Waals surface area contributed by atoms with E-state index in [1.165, 1.54) is 4.90 Å². The minimum Gasteiger partial charge on any atom is -0.462 e. The number of ether oxygens (including phenoxy) is 1. The molecule has 3 aromatic carbocycles. The molecule has 0 unspecified atom stereocenters. The highest BCUT2D eigenvalue weighted by Gasteiger charge is 2.40. The van der Waals surface area contributed by atoms with E-state index in [1.807, 2.05) is 12.1 Å². The van der Waals surface area contributed by atoms with Gasteiger partial charge < -0.3 is 10.1 Å². The highest BCUT2D eigenvalue weighted by Crippen LogP contribution is 2.42. The molecule has 0 aromatic heterocycles. The highest BCUT2D eigenvalue weighted by molar-refractivity contribution is 8.05. The summed E-state index contributed by atoms with van der Waals surface area (Å²) in [6.45, 7) is 2.02. The van der Waals surface area contributed by atoms with Gasteiger partial charge in [-0.1, -0.05) is 59.8 Å². The SMILES string of the molecule is CCOC(=O)c1ccc(C[C@H]2S/C(=C(/C#N)C(=O)Nc3cccc(Cl)c3)N(c3ccccc3)C2=O)cc1. The van der Waals surface area contributed by atoms with Gasteiger partial charge in [0.2, 0.25) is 5.91 Å². The summed E-state index contributed by atoms with van der Waals surface area (Å²) >= 11 is 7.18. The van der Waals surface area contributed by atoms with E-state index in [0.717, 1.165) is 17.3 Å². The Labute approximate surface area is 223 Å². The van der Waals surface area contributed by atoms with Crippen molar-refractivity contribution in [2.75, 3.05) is 16.8 Å². The van der Waals surface area contributed by atoms with E-state index >= 15 is 0 Å². The molecule has 1 atom stereocenters. The number of nitrogens with zero attached hydrogens (tertiary/aromatic N) is 2. The van der Waals surface area contributed by atoms with Crippen LogP contribution in [0, 0.1) is 11.3 Å². The van der Waals surface area contributed by atoms with Crippen LogP contribution in [0.3, 0.4) is 0 Å². The Morgan fingerprint density at radius 3 is 2.46 bits per heavy atom. The molecule has 0 radical (unpaired) electrons. The zero-order valence-corrected chi connectivity index (χ0v) is 21.4. The molecule has 0 spiro atoms. The molecule has 186 valence electrons. The number of amides is 2. The van der Waals surface area contributed by atoms with Crippen LogP contribution in [-0.4, -0.2) is 29.6 Å². The van der Waals surface area contributed by atoms with Gasteiger partial charge in [0, 0.05) is 16.4 Å². The maximum Gasteiger partial charge on any atom is 0.338 e. The molecule has 37 heavy (non-hydrogen) atoms. The molecule has 1 heterocycles. The lowest BCUT2D eigenvalue weighted by Crippen LogP contribution is -2.30. The molecule has 2 amide bonds. The number of rotatable bonds is 7. The molecule has 1 N–H and O–H groups in total. The van der Waals surface area contributed by atoms with E-state index in [1.54, 1.807) is 79.7 Å². The summed E-state index contributed by atoms with van der Waals surface area (Å²) < 4.78 is 5.02. The second kappa shape index (κ2) is 11.8. The number of anilines is 2. The predicted molar refractivity (Wildman–Crippen MR) is 144 cm³/mol. The van der Waals surface area contributed by atoms with Crippen LogP contribution >= 0.6 is 23.4 Å². The van der Waals surface area contributed by atoms with E-state index in [9.17, 15) is 19.6 Å². The molecule has 0 saturated carbocycles. The van der Waals surface area contributed by atoms with Crippen molar-refractivity contribution in [1.29, 1.82) is 5.26 Å². The quantitative estimate of drug-likeness (QED) is 0.243. The van der Waals surface area contributed by atoms with Gasteiger partial charge in [-0.15, -0.1) is 0 Å². The number of carbonyl (C=O) groups excluding carboxylic acids is 3. The van der Waals surface area contributed by atoms with Crippen LogP contribution in [0.25, 0.3) is 0 Å². The van der Waals surface area contributed by atoms with Crippen molar-refractivity contribution in [2.45, 2.75) is 18.6 Å². The molecular formula is C28H22ClN3O4S. The topological polar surface area (TPSA) is 99.5 Å². The third-order valence-electron chi connectivity index (χ3n) is 5.49. The number of benzene rings is 3. The molecule has 1 aliphatic rings. The number of para-hydroxylation sites is 1. The lowest BCUT2D eigenvalue weighted by Gasteiger charge is -2.18. The molecule has 0 bridgehead atoms. The van der Waals surface area contributed by atoms with E-state index in [4.69, 9.17) is 16.3 Å². The molecule has 9 heteroatoms. The summed E-state index contributed by atoms with van der Waals surface area (Å²) in [7, 11) is 0. The van der Waals surface area contributed by atoms with Crippen molar-refractivity contribution in [2.24, 2.45) is 0 Å². The van der Waals surface area contributed by atoms with Crippen LogP contribution in [0.5, 0.6) is 0 Å². The van der Waals surface area contributed by atoms with E-state index in [2.05, 4.69) is 5.32 Å². The van der Waals surface area contributed by atoms with Gasteiger partial charge in [-0.2, -0.15) is 5.26 Å². The number of nitriles is 1. The number of hydrogen-bond acceptors (Lipinski definition) is 6. The van der Waals surface area contributed by atoms with Crippen LogP contribution in [-0.2, 0) is 20.7 Å². The first-order valence-corrected chi connectivity index (χ1v) is 12.7. The third kappa shape index (κ3) is 6.02. The molecule has 1 fully saturated rings. The minimum absolute atomic E-state index is 0.178. The van der Waals surface area contributed by atoms with E-state index < -0.39 is 17.1 Å². The Hall–Kier alpha value is -4.06. The molecule has 1 saturated heterocycles. The van der Waals surface area contributed by atoms with Crippen LogP contribution < -0.4 is 10.2 Å². The first kappa shape index (κ1) is 26.0. The maximum atomic E-state index is 13.6. The van der Waals surface area contributed by atoms with Gasteiger partial charge in [-0.25, -0.2) is 4.79 Å². The molecular weight excluding hydrogens is 510 g/mol. The predicted octanol–water partition coefficient (Wildman–Crippen LogP) is 5.58. The van der Waals surface area contributed by atoms with Gasteiger partial charge >= 0.3 is 5.97 Å². The fraction of sp³-hybridized carbons (Fsp3) is 0.143. The van der Waals surface area contributed by atoms with Gasteiger partial charge in [0.05, 0.1) is 17.4 Å². The zero-order valence-electron chi connectivity index (χ0n) is 19.8. The Kier molecular flexibility index (Phi) is 8.29. The smallest absolute Gasteiger partial charge is 0.338 e. The fourth-order valence-electron chi connectivity index (χ4n) is 3.76. The number of hydrogen-bond donors (Lipinski definition) is 1. The van der Waals surface area contributed by atoms with Crippen molar-refractivity contribution in [1.82, 2.24) is 0 Å². The molecule has 7 nitrogen and oxygen atoms in total. The van der Waals surface area contributed by atoms with Crippen LogP contribution in [0.2, 0.25) is 5.02 Å². The highest BCUT2D eigenvalue weighted by atomic mass is 35.5. The Bertz CT molecular complexity index is 1400. The van der Waals surface area contributed by atoms with E-state index in [-0.39, 0.29) is 23.1 Å². The Balaban J connectivity index is 1.65. The molecule has 4 rings (SSSR count). The fourth-order valence-corrected chi connectivity index (χ4v) is 5.26. The van der Waals surface area contributed by atoms with Crippen molar-refractivity contribution in [3.63, 3.8) is 0 Å². The monoisotopic (exact) mass is 531 g/mol. The van der Waals surface area contributed by atoms with Crippen LogP contribution in [0.1, 0.15) is 22.8 Å². The standard InChI is InChI=1S/C28H22ClN3O4S/c1-2-36-28(35)19-13-11-18(12-14-19)15-24-26(34)32(22-9-4-3-5-10-22)27(37-24)23(17-30)25(33)31-21-8-6-7-20(29)16-21/h3-14,16,24H,2,15H2,1H3,(H,31,33)/b27-23-/t24-/m1/s1. The lowest BCUT2D eigenvalue weighted by molar-refractivity contribution is -0.117. The van der Waals surface area contributed by atoms with Crippen molar-refractivity contribution in [3.05, 3.63) is 106 Å². The third-order valence-corrected chi connectivity index (χ3v) is 6.99. The minimum atomic E-state index is -0.638. The lowest BCUT2D eigenvalue weighted by atomic mass is 10.1. The summed E-state index contributed by atoms with van der Waals surface area (Å²) in [5, 5.41) is 12.8. The normalized spacial score (nSPS) is 16.2. The summed E-state index contributed by atoms with van der Waals surface area (Å²) in [5.74, 6) is -1.30. The summed E-state index contributed by atoms with van der Waals surface area (Å²) in [6.07, 6.45) is 0.341. The van der Waals surface area contributed by atoms with Gasteiger partial charge in [0.1, 0.15) is 16.7 Å². The summed E-state index contributed by atoms with van der Waals surface area (Å²) in [4.78, 5) is 40.0. The molecule has 0 aliphatic carbocycles. The number of halogens is 1. The number of carbonyl (C=O) groups is 3. The first-order valence-electron chi connectivity index (χ1n) is 11.4. The van der Waals surface area contributed by atoms with Gasteiger partial charge in [-0.05, 0) is 61.4 Å². The van der Waals surface area contributed by atoms with Crippen molar-refractivity contribution >= 4 is 52.5 Å². The van der Waals surface area contributed by atoms with Gasteiger partial charge in [0.25, 0.3) is 5.91 Å². The average Bonchev–Trinajstić information content (AvgIpc) is 3.20. The van der Waals surface area contributed by atoms with E-state index in [0.29, 0.717) is 28.4 Å². The first-order chi connectivity index (χ1) is 17.9. The molecule has 1 aliphatic heterocycles. The average molecular weight is 532 g/mol. The second-order valence-corrected chi connectivity index (χ2v) is 9.62. The van der Waals surface area contributed by atoms with Crippen LogP contribution in [0.15, 0.2) is 89.5 Å². The summed E-state index contributed by atoms with van der Waals surface area (Å²) in [5.41, 5.74) is 2.06. The zero-order chi connectivity index (χ0) is 26.4. The number of esters is 1. The van der Waals surface area contributed by atoms with Crippen LogP contribution in [0.4, 0.5) is 11.4 Å². The van der Waals surface area contributed by atoms with Crippen molar-refractivity contribution in [3.8, 4) is 6.07 Å². The van der Waals surface area contributed by atoms with Gasteiger partial charge in [0.15, 0.2) is 0 Å². The maximum absolute atomic E-state index is 13.6. The summed E-state index contributed by atoms with van der Waals surface area (Å²) in [6, 6.07) is 24.3. The Morgan fingerprint density at radius 2 is 1.81 bits per heavy atom. The van der Waals surface area contributed by atoms with Gasteiger partial charge in [-0.3, -0.25) is 14.5 Å². The van der Waals surface area contributed by atoms with Crippen molar-refractivity contribution < 1.29 is 19.1 Å².